The molecule has 20 nitrogen and oxygen atoms in total. The lowest BCUT2D eigenvalue weighted by Gasteiger charge is -2.21. The molecule has 2 unspecified atom stereocenters. The van der Waals surface area contributed by atoms with E-state index in [1.54, 1.807) is 42.5 Å². The van der Waals surface area contributed by atoms with E-state index >= 15 is 0 Å². The highest BCUT2D eigenvalue weighted by Crippen LogP contribution is 2.60. The Morgan fingerprint density at radius 1 is 0.764 bits per heavy atom. The summed E-state index contributed by atoms with van der Waals surface area (Å²) in [5.74, 6) is -1.50. The maximum atomic E-state index is 12.9. The minimum atomic E-state index is -5.47. The second-order valence-electron chi connectivity index (χ2n) is 17.3. The second-order valence-corrected chi connectivity index (χ2v) is 20.4. The van der Waals surface area contributed by atoms with Gasteiger partial charge in [0, 0.05) is 19.0 Å². The zero-order chi connectivity index (χ0) is 53.0. The van der Waals surface area contributed by atoms with Crippen molar-refractivity contribution in [2.75, 3.05) is 25.6 Å². The zero-order valence-corrected chi connectivity index (χ0v) is 43.7. The van der Waals surface area contributed by atoms with E-state index in [0.717, 1.165) is 42.9 Å². The lowest BCUT2D eigenvalue weighted by Crippen LogP contribution is -2.36. The van der Waals surface area contributed by atoms with Gasteiger partial charge < -0.3 is 50.2 Å². The minimum absolute atomic E-state index is 0.0831. The molecule has 1 saturated heterocycles. The van der Waals surface area contributed by atoms with Crippen LogP contribution in [0.5, 0.6) is 0 Å². The molecular weight excluding hydrogens is 977 g/mol. The van der Waals surface area contributed by atoms with Crippen LogP contribution in [0.25, 0.3) is 0 Å². The molecule has 408 valence electrons. The first-order valence-electron chi connectivity index (χ1n) is 25.2. The molecule has 0 bridgehead atoms. The van der Waals surface area contributed by atoms with Crippen LogP contribution in [0.2, 0.25) is 0 Å². The summed E-state index contributed by atoms with van der Waals surface area (Å²) in [4.78, 5) is 61.9. The van der Waals surface area contributed by atoms with E-state index in [-0.39, 0.29) is 25.1 Å². The third-order valence-corrected chi connectivity index (χ3v) is 13.6. The number of nitrogen functional groups attached to an aromatic ring is 1. The number of phosphoric ester groups is 2. The summed E-state index contributed by atoms with van der Waals surface area (Å²) in [5, 5.41) is 41.0. The van der Waals surface area contributed by atoms with Gasteiger partial charge in [-0.25, -0.2) is 13.9 Å². The number of nitrogens with two attached hydrogens (primary N) is 1. The van der Waals surface area contributed by atoms with Crippen molar-refractivity contribution >= 4 is 33.4 Å². The number of carbonyl (C=O) groups excluding carboxylic acids is 2. The maximum absolute atomic E-state index is 12.9. The van der Waals surface area contributed by atoms with Crippen molar-refractivity contribution < 1.29 is 76.5 Å². The summed E-state index contributed by atoms with van der Waals surface area (Å²) in [6, 6.07) is 1.23. The largest absolute Gasteiger partial charge is 0.481 e. The molecule has 1 fully saturated rings. The van der Waals surface area contributed by atoms with Crippen LogP contribution in [0.4, 0.5) is 5.82 Å². The first-order valence-corrected chi connectivity index (χ1v) is 28.2. The molecular formula is C50H81N3O17P2. The summed E-state index contributed by atoms with van der Waals surface area (Å²) in [5.41, 5.74) is 4.56. The van der Waals surface area contributed by atoms with Crippen LogP contribution in [-0.4, -0.2) is 108 Å². The van der Waals surface area contributed by atoms with E-state index in [4.69, 9.17) is 29.0 Å². The van der Waals surface area contributed by atoms with Gasteiger partial charge in [-0.1, -0.05) is 164 Å². The molecule has 22 heteroatoms. The van der Waals surface area contributed by atoms with Gasteiger partial charge in [0.2, 0.25) is 0 Å². The van der Waals surface area contributed by atoms with Gasteiger partial charge in [0.25, 0.3) is 0 Å². The number of hydrogen-bond donors (Lipinski definition) is 7. The van der Waals surface area contributed by atoms with Crippen molar-refractivity contribution in [3.05, 3.63) is 95.7 Å². The SMILES string of the molecule is CC/C=C\C[C@H](O)/C=C/C=C\C/C=C\C=C\[C@H](O)/C=C\CCCC(=O)O[C@H](COC(=O)CCCCCCCCCCCCCCC)COP(=O)(O)OP(=O)(O)OC[C@H]1O[C@@H](n2ccc(N)nc2=O)[C@H](O)[C@@H]1O. The summed E-state index contributed by atoms with van der Waals surface area (Å²) in [6.07, 6.45) is 30.5. The predicted octanol–water partition coefficient (Wildman–Crippen LogP) is 8.05. The van der Waals surface area contributed by atoms with Crippen LogP contribution < -0.4 is 11.4 Å². The summed E-state index contributed by atoms with van der Waals surface area (Å²) >= 11 is 0. The molecule has 0 radical (unpaired) electrons. The van der Waals surface area contributed by atoms with Gasteiger partial charge in [-0.3, -0.25) is 23.2 Å². The molecule has 2 heterocycles. The van der Waals surface area contributed by atoms with Crippen molar-refractivity contribution in [2.24, 2.45) is 0 Å². The predicted molar refractivity (Wildman–Crippen MR) is 273 cm³/mol. The van der Waals surface area contributed by atoms with Gasteiger partial charge in [0.05, 0.1) is 25.4 Å². The average molecular weight is 1060 g/mol. The summed E-state index contributed by atoms with van der Waals surface area (Å²) < 4.78 is 56.6. The van der Waals surface area contributed by atoms with Gasteiger partial charge in [0.1, 0.15) is 30.7 Å². The standard InChI is InChI=1S/C50H81N3O17P2/c1-3-5-7-8-9-10-11-12-13-14-18-21-27-33-45(56)65-37-42(68-46(57)34-28-22-26-32-41(55)31-25-20-17-15-16-19-24-30-40(54)29-23-6-4-2)38-66-71(61,62)70-72(63,64)67-39-43-47(58)48(59)49(69-43)53-36-35-44(51)52-50(53)60/h6,16-17,19-20,23-26,30-32,35-36,40-43,47-49,54-55,58-59H,3-5,7-15,18,21-22,27-29,33-34,37-39H2,1-2H3,(H,61,62)(H,63,64)(H2,51,52,60)/b19-16-,20-17-,23-6-,30-24+,31-25+,32-26-/t40-,41-,42+,43+,47+,48+,49+/m0/s1. The molecule has 1 aromatic heterocycles. The number of ether oxygens (including phenoxy) is 3. The Hall–Kier alpha value is -3.88. The quantitative estimate of drug-likeness (QED) is 0.0107. The Kier molecular flexibility index (Phi) is 33.7. The molecule has 2 rings (SSSR count). The van der Waals surface area contributed by atoms with E-state index < -0.39 is 95.9 Å². The number of unbranched alkanes of at least 4 members (excludes halogenated alkanes) is 13. The topological polar surface area (TPSA) is 306 Å². The highest BCUT2D eigenvalue weighted by molar-refractivity contribution is 7.61. The smallest absolute Gasteiger partial charge is 0.462 e. The maximum Gasteiger partial charge on any atom is 0.481 e. The van der Waals surface area contributed by atoms with Crippen LogP contribution in [0, 0.1) is 0 Å². The Bertz CT molecular complexity index is 2030. The fourth-order valence-electron chi connectivity index (χ4n) is 7.05. The number of esters is 2. The lowest BCUT2D eigenvalue weighted by molar-refractivity contribution is -0.161. The number of allylic oxidation sites excluding steroid dienone is 8. The number of nitrogens with zero attached hydrogens (tertiary/aromatic N) is 2. The number of carbonyl (C=O) groups is 2. The second kappa shape index (κ2) is 37.8. The van der Waals surface area contributed by atoms with Crippen molar-refractivity contribution in [3.8, 4) is 0 Å². The Balaban J connectivity index is 1.87. The van der Waals surface area contributed by atoms with Crippen molar-refractivity contribution in [1.82, 2.24) is 9.55 Å². The number of phosphoric acid groups is 2. The Morgan fingerprint density at radius 3 is 2.01 bits per heavy atom. The molecule has 0 aliphatic carbocycles. The van der Waals surface area contributed by atoms with E-state index in [1.165, 1.54) is 57.4 Å². The molecule has 9 atom stereocenters. The number of aliphatic hydroxyl groups is 4. The molecule has 1 aromatic rings. The van der Waals surface area contributed by atoms with Gasteiger partial charge in [-0.2, -0.15) is 9.29 Å². The average Bonchev–Trinajstić information content (AvgIpc) is 3.61. The van der Waals surface area contributed by atoms with E-state index in [1.807, 2.05) is 37.3 Å². The molecule has 0 aromatic carbocycles. The lowest BCUT2D eigenvalue weighted by atomic mass is 10.0. The van der Waals surface area contributed by atoms with E-state index in [9.17, 15) is 53.7 Å². The van der Waals surface area contributed by atoms with Crippen LogP contribution in [0.15, 0.2) is 90.0 Å². The van der Waals surface area contributed by atoms with Crippen molar-refractivity contribution in [3.63, 3.8) is 0 Å². The zero-order valence-electron chi connectivity index (χ0n) is 41.9. The molecule has 1 aliphatic rings. The van der Waals surface area contributed by atoms with Crippen LogP contribution in [0.1, 0.15) is 148 Å². The number of aliphatic hydroxyl groups excluding tert-OH is 4. The summed E-state index contributed by atoms with van der Waals surface area (Å²) in [7, 11) is -10.9. The normalized spacial score (nSPS) is 20.6. The van der Waals surface area contributed by atoms with Gasteiger partial charge in [-0.05, 0) is 44.6 Å². The number of rotatable bonds is 40. The monoisotopic (exact) mass is 1060 g/mol. The number of anilines is 1. The number of hydrogen-bond acceptors (Lipinski definition) is 17. The molecule has 0 spiro atoms. The Labute approximate surface area is 424 Å². The van der Waals surface area contributed by atoms with E-state index in [2.05, 4.69) is 16.2 Å². The Morgan fingerprint density at radius 2 is 1.38 bits per heavy atom. The highest BCUT2D eigenvalue weighted by Gasteiger charge is 2.46. The first-order chi connectivity index (χ1) is 34.5. The van der Waals surface area contributed by atoms with Crippen LogP contribution >= 0.6 is 15.6 Å². The van der Waals surface area contributed by atoms with Gasteiger partial charge in [-0.15, -0.1) is 0 Å². The van der Waals surface area contributed by atoms with Crippen LogP contribution in [-0.2, 0) is 46.3 Å². The third kappa shape index (κ3) is 30.3. The summed E-state index contributed by atoms with van der Waals surface area (Å²) in [6.45, 7) is 1.77. The van der Waals surface area contributed by atoms with Gasteiger partial charge in [0.15, 0.2) is 12.3 Å². The third-order valence-electron chi connectivity index (χ3n) is 11.0. The fourth-order valence-corrected chi connectivity index (χ4v) is 9.16. The molecule has 0 saturated carbocycles. The highest BCUT2D eigenvalue weighted by atomic mass is 31.3. The molecule has 72 heavy (non-hydrogen) atoms. The fraction of sp³-hybridized carbons (Fsp3) is 0.640. The van der Waals surface area contributed by atoms with Crippen molar-refractivity contribution in [2.45, 2.75) is 185 Å². The number of aromatic nitrogens is 2. The van der Waals surface area contributed by atoms with E-state index in [0.29, 0.717) is 25.7 Å². The first kappa shape index (κ1) is 64.2. The van der Waals surface area contributed by atoms with Crippen LogP contribution in [0.3, 0.4) is 0 Å². The molecule has 0 amide bonds. The van der Waals surface area contributed by atoms with Crippen molar-refractivity contribution in [1.29, 1.82) is 0 Å². The minimum Gasteiger partial charge on any atom is -0.462 e. The molecule has 1 aliphatic heterocycles. The van der Waals surface area contributed by atoms with Gasteiger partial charge >= 0.3 is 33.3 Å². The molecule has 8 N–H and O–H groups in total.